The van der Waals surface area contributed by atoms with Gasteiger partial charge < -0.3 is 15.4 Å². The molecule has 0 atom stereocenters. The predicted octanol–water partition coefficient (Wildman–Crippen LogP) is 6.45. The van der Waals surface area contributed by atoms with Crippen molar-refractivity contribution >= 4 is 46.8 Å². The first-order chi connectivity index (χ1) is 18.5. The zero-order valence-corrected chi connectivity index (χ0v) is 21.5. The summed E-state index contributed by atoms with van der Waals surface area (Å²) in [6.45, 7) is 2.45. The molecule has 0 spiro atoms. The van der Waals surface area contributed by atoms with Crippen LogP contribution in [0.4, 0.5) is 5.69 Å². The minimum atomic E-state index is -0.500. The first-order valence-electron chi connectivity index (χ1n) is 12.0. The van der Waals surface area contributed by atoms with Gasteiger partial charge in [0.2, 0.25) is 0 Å². The van der Waals surface area contributed by atoms with Crippen molar-refractivity contribution in [2.75, 3.05) is 11.9 Å². The third-order valence-corrected chi connectivity index (χ3v) is 6.13. The number of hydrogen-bond donors (Lipinski definition) is 2. The molecule has 38 heavy (non-hydrogen) atoms. The van der Waals surface area contributed by atoms with Gasteiger partial charge in [0.25, 0.3) is 11.8 Å². The standard InChI is InChI=1S/C31H26N2O4S/c1-2-37-27-15-8-22(9-16-27)20-28(33-30(35)25-6-4-3-5-7-25)31(36)32-26-13-11-24(12-14-26)29(34)17-10-23-18-19-38-21-23/h3-21H,2H2,1H3,(H,32,36)(H,33,35)/b17-10+,28-20-. The SMILES string of the molecule is CCOc1ccc(/C=C(\NC(=O)c2ccccc2)C(=O)Nc2ccc(C(=O)/C=C/c3ccsc3)cc2)cc1. The summed E-state index contributed by atoms with van der Waals surface area (Å²) in [6.07, 6.45) is 4.88. The van der Waals surface area contributed by atoms with Crippen LogP contribution in [0.25, 0.3) is 12.2 Å². The van der Waals surface area contributed by atoms with Crippen LogP contribution in [0.15, 0.2) is 107 Å². The number of carbonyl (C=O) groups excluding carboxylic acids is 3. The molecule has 0 saturated carbocycles. The molecule has 1 aromatic heterocycles. The lowest BCUT2D eigenvalue weighted by molar-refractivity contribution is -0.113. The summed E-state index contributed by atoms with van der Waals surface area (Å²) < 4.78 is 5.48. The lowest BCUT2D eigenvalue weighted by Gasteiger charge is -2.12. The van der Waals surface area contributed by atoms with Crippen LogP contribution in [-0.2, 0) is 4.79 Å². The van der Waals surface area contributed by atoms with Crippen molar-refractivity contribution in [1.29, 1.82) is 0 Å². The van der Waals surface area contributed by atoms with Gasteiger partial charge in [-0.05, 0) is 95.6 Å². The summed E-state index contributed by atoms with van der Waals surface area (Å²) in [7, 11) is 0. The number of ketones is 1. The Labute approximate surface area is 225 Å². The molecule has 0 aliphatic rings. The zero-order chi connectivity index (χ0) is 26.7. The van der Waals surface area contributed by atoms with Crippen molar-refractivity contribution in [3.63, 3.8) is 0 Å². The second-order valence-corrected chi connectivity index (χ2v) is 8.95. The fourth-order valence-electron chi connectivity index (χ4n) is 3.49. The number of amides is 2. The van der Waals surface area contributed by atoms with E-state index in [-0.39, 0.29) is 11.5 Å². The smallest absolute Gasteiger partial charge is 0.272 e. The molecule has 0 unspecified atom stereocenters. The number of thiophene rings is 1. The maximum Gasteiger partial charge on any atom is 0.272 e. The fraction of sp³-hybridized carbons (Fsp3) is 0.0645. The Morgan fingerprint density at radius 3 is 2.24 bits per heavy atom. The van der Waals surface area contributed by atoms with Crippen LogP contribution in [0.2, 0.25) is 0 Å². The summed E-state index contributed by atoms with van der Waals surface area (Å²) >= 11 is 1.56. The Balaban J connectivity index is 1.50. The van der Waals surface area contributed by atoms with Crippen molar-refractivity contribution in [2.24, 2.45) is 0 Å². The molecule has 190 valence electrons. The van der Waals surface area contributed by atoms with Gasteiger partial charge in [0.05, 0.1) is 6.61 Å². The Hall–Kier alpha value is -4.75. The first-order valence-corrected chi connectivity index (χ1v) is 12.9. The highest BCUT2D eigenvalue weighted by molar-refractivity contribution is 7.08. The van der Waals surface area contributed by atoms with Crippen LogP contribution in [0.1, 0.15) is 38.8 Å². The number of carbonyl (C=O) groups is 3. The zero-order valence-electron chi connectivity index (χ0n) is 20.7. The molecule has 4 rings (SSSR count). The van der Waals surface area contributed by atoms with Gasteiger partial charge in [0.1, 0.15) is 11.4 Å². The monoisotopic (exact) mass is 522 g/mol. The van der Waals surface area contributed by atoms with Crippen LogP contribution in [0.3, 0.4) is 0 Å². The number of allylic oxidation sites excluding steroid dienone is 1. The molecule has 6 nitrogen and oxygen atoms in total. The van der Waals surface area contributed by atoms with E-state index >= 15 is 0 Å². The second kappa shape index (κ2) is 13.0. The van der Waals surface area contributed by atoms with Gasteiger partial charge >= 0.3 is 0 Å². The molecular weight excluding hydrogens is 496 g/mol. The molecule has 0 radical (unpaired) electrons. The average Bonchev–Trinajstić information content (AvgIpc) is 3.47. The quantitative estimate of drug-likeness (QED) is 0.185. The van der Waals surface area contributed by atoms with E-state index in [9.17, 15) is 14.4 Å². The third kappa shape index (κ3) is 7.38. The highest BCUT2D eigenvalue weighted by Crippen LogP contribution is 2.17. The van der Waals surface area contributed by atoms with Gasteiger partial charge in [-0.25, -0.2) is 0 Å². The summed E-state index contributed by atoms with van der Waals surface area (Å²) in [5.74, 6) is -0.333. The highest BCUT2D eigenvalue weighted by atomic mass is 32.1. The predicted molar refractivity (Wildman–Crippen MR) is 152 cm³/mol. The Kier molecular flexibility index (Phi) is 8.99. The van der Waals surface area contributed by atoms with E-state index < -0.39 is 11.8 Å². The van der Waals surface area contributed by atoms with E-state index in [0.717, 1.165) is 5.56 Å². The maximum atomic E-state index is 13.2. The topological polar surface area (TPSA) is 84.5 Å². The van der Waals surface area contributed by atoms with E-state index in [1.165, 1.54) is 6.08 Å². The Morgan fingerprint density at radius 1 is 0.842 bits per heavy atom. The minimum absolute atomic E-state index is 0.0712. The summed E-state index contributed by atoms with van der Waals surface area (Å²) in [4.78, 5) is 38.5. The van der Waals surface area contributed by atoms with Crippen molar-refractivity contribution in [1.82, 2.24) is 5.32 Å². The van der Waals surface area contributed by atoms with E-state index in [0.29, 0.717) is 34.7 Å². The molecule has 0 aliphatic heterocycles. The van der Waals surface area contributed by atoms with Gasteiger partial charge in [-0.3, -0.25) is 14.4 Å². The van der Waals surface area contributed by atoms with Crippen molar-refractivity contribution in [3.05, 3.63) is 130 Å². The average molecular weight is 523 g/mol. The minimum Gasteiger partial charge on any atom is -0.494 e. The van der Waals surface area contributed by atoms with Crippen molar-refractivity contribution < 1.29 is 19.1 Å². The Morgan fingerprint density at radius 2 is 1.58 bits per heavy atom. The largest absolute Gasteiger partial charge is 0.494 e. The number of benzene rings is 3. The third-order valence-electron chi connectivity index (χ3n) is 5.43. The van der Waals surface area contributed by atoms with Gasteiger partial charge in [0, 0.05) is 16.8 Å². The van der Waals surface area contributed by atoms with E-state index in [2.05, 4.69) is 10.6 Å². The van der Waals surface area contributed by atoms with Gasteiger partial charge in [-0.1, -0.05) is 36.4 Å². The summed E-state index contributed by atoms with van der Waals surface area (Å²) in [5.41, 5.74) is 3.16. The molecule has 0 bridgehead atoms. The molecule has 2 N–H and O–H groups in total. The number of nitrogens with one attached hydrogen (secondary N) is 2. The maximum absolute atomic E-state index is 13.2. The molecule has 3 aromatic carbocycles. The lowest BCUT2D eigenvalue weighted by Crippen LogP contribution is -2.30. The van der Waals surface area contributed by atoms with Crippen molar-refractivity contribution in [3.8, 4) is 5.75 Å². The van der Waals surface area contributed by atoms with Gasteiger partial charge in [-0.2, -0.15) is 11.3 Å². The van der Waals surface area contributed by atoms with Crippen LogP contribution in [-0.4, -0.2) is 24.2 Å². The van der Waals surface area contributed by atoms with E-state index in [1.807, 2.05) is 29.8 Å². The fourth-order valence-corrected chi connectivity index (χ4v) is 4.12. The van der Waals surface area contributed by atoms with Crippen LogP contribution < -0.4 is 15.4 Å². The molecule has 7 heteroatoms. The van der Waals surface area contributed by atoms with Gasteiger partial charge in [0.15, 0.2) is 5.78 Å². The van der Waals surface area contributed by atoms with Crippen LogP contribution >= 0.6 is 11.3 Å². The first kappa shape index (κ1) is 26.3. The highest BCUT2D eigenvalue weighted by Gasteiger charge is 2.15. The molecule has 0 fully saturated rings. The lowest BCUT2D eigenvalue weighted by atomic mass is 10.1. The number of anilines is 1. The molecule has 0 aliphatic carbocycles. The van der Waals surface area contributed by atoms with Crippen molar-refractivity contribution in [2.45, 2.75) is 6.92 Å². The molecule has 0 saturated heterocycles. The van der Waals surface area contributed by atoms with Crippen LogP contribution in [0.5, 0.6) is 5.75 Å². The molecular formula is C31H26N2O4S. The molecule has 2 amide bonds. The normalized spacial score (nSPS) is 11.2. The van der Waals surface area contributed by atoms with Crippen LogP contribution in [0, 0.1) is 0 Å². The molecule has 4 aromatic rings. The number of rotatable bonds is 10. The molecule has 1 heterocycles. The van der Waals surface area contributed by atoms with E-state index in [1.54, 1.807) is 96.3 Å². The summed E-state index contributed by atoms with van der Waals surface area (Å²) in [5, 5.41) is 9.42. The van der Waals surface area contributed by atoms with E-state index in [4.69, 9.17) is 4.74 Å². The summed E-state index contributed by atoms with van der Waals surface area (Å²) in [6, 6.07) is 24.4. The van der Waals surface area contributed by atoms with Gasteiger partial charge in [-0.15, -0.1) is 0 Å². The number of ether oxygens (including phenoxy) is 1. The Bertz CT molecular complexity index is 1440. The number of hydrogen-bond acceptors (Lipinski definition) is 5. The second-order valence-electron chi connectivity index (χ2n) is 8.17.